The molecule has 0 radical (unpaired) electrons. The first-order valence-electron chi connectivity index (χ1n) is 5.62. The van der Waals surface area contributed by atoms with E-state index in [1.807, 2.05) is 18.2 Å². The van der Waals surface area contributed by atoms with Gasteiger partial charge in [-0.05, 0) is 29.5 Å². The molecule has 0 aliphatic carbocycles. The number of aliphatic hydroxyl groups excluding tert-OH is 1. The Kier molecular flexibility index (Phi) is 2.80. The van der Waals surface area contributed by atoms with Gasteiger partial charge in [0.05, 0.1) is 6.10 Å². The molecule has 0 amide bonds. The fourth-order valence-electron chi connectivity index (χ4n) is 1.73. The minimum atomic E-state index is -0.480. The maximum Gasteiger partial charge on any atom is 0.231 e. The molecule has 1 aliphatic rings. The molecule has 0 bridgehead atoms. The van der Waals surface area contributed by atoms with E-state index in [-0.39, 0.29) is 12.2 Å². The Morgan fingerprint density at radius 2 is 2.00 bits per heavy atom. The monoisotopic (exact) mass is 222 g/mol. The minimum absolute atomic E-state index is 0.131. The van der Waals surface area contributed by atoms with Crippen LogP contribution in [0, 0.1) is 5.41 Å². The van der Waals surface area contributed by atoms with Crippen LogP contribution < -0.4 is 9.47 Å². The van der Waals surface area contributed by atoms with E-state index in [1.165, 1.54) is 0 Å². The first kappa shape index (κ1) is 11.3. The van der Waals surface area contributed by atoms with Gasteiger partial charge in [-0.15, -0.1) is 0 Å². The summed E-state index contributed by atoms with van der Waals surface area (Å²) in [5, 5.41) is 10.3. The van der Waals surface area contributed by atoms with Gasteiger partial charge in [0.25, 0.3) is 0 Å². The molecule has 3 nitrogen and oxygen atoms in total. The van der Waals surface area contributed by atoms with Crippen LogP contribution in [-0.2, 0) is 0 Å². The lowest BCUT2D eigenvalue weighted by molar-refractivity contribution is 0.0464. The fraction of sp³-hybridized carbons (Fsp3) is 0.538. The molecule has 1 N–H and O–H groups in total. The number of rotatable bonds is 3. The van der Waals surface area contributed by atoms with Gasteiger partial charge in [0.2, 0.25) is 6.79 Å². The van der Waals surface area contributed by atoms with Gasteiger partial charge in [0.15, 0.2) is 11.5 Å². The number of hydrogen-bond donors (Lipinski definition) is 1. The lowest BCUT2D eigenvalue weighted by Crippen LogP contribution is -2.20. The predicted molar refractivity (Wildman–Crippen MR) is 61.6 cm³/mol. The third-order valence-corrected chi connectivity index (χ3v) is 3.36. The lowest BCUT2D eigenvalue weighted by Gasteiger charge is -2.29. The summed E-state index contributed by atoms with van der Waals surface area (Å²) >= 11 is 0. The van der Waals surface area contributed by atoms with Crippen LogP contribution in [0.4, 0.5) is 0 Å². The van der Waals surface area contributed by atoms with E-state index in [1.54, 1.807) is 0 Å². The maximum absolute atomic E-state index is 10.3. The van der Waals surface area contributed by atoms with Gasteiger partial charge in [-0.1, -0.05) is 26.8 Å². The standard InChI is InChI=1S/C13H18O3/c1-4-13(2,3)12(14)9-5-6-10-11(7-9)16-8-15-10/h5-7,12,14H,4,8H2,1-3H3/t12-/m1/s1. The Bertz CT molecular complexity index is 385. The molecule has 1 aromatic carbocycles. The second-order valence-electron chi connectivity index (χ2n) is 4.86. The van der Waals surface area contributed by atoms with E-state index >= 15 is 0 Å². The molecule has 1 atom stereocenters. The minimum Gasteiger partial charge on any atom is -0.454 e. The van der Waals surface area contributed by atoms with Crippen molar-refractivity contribution in [3.8, 4) is 11.5 Å². The van der Waals surface area contributed by atoms with Gasteiger partial charge < -0.3 is 14.6 Å². The summed E-state index contributed by atoms with van der Waals surface area (Å²) in [6, 6.07) is 5.62. The summed E-state index contributed by atoms with van der Waals surface area (Å²) in [5.74, 6) is 1.48. The van der Waals surface area contributed by atoms with E-state index in [2.05, 4.69) is 20.8 Å². The van der Waals surface area contributed by atoms with Crippen LogP contribution in [-0.4, -0.2) is 11.9 Å². The predicted octanol–water partition coefficient (Wildman–Crippen LogP) is 2.88. The van der Waals surface area contributed by atoms with E-state index in [4.69, 9.17) is 9.47 Å². The molecular formula is C13H18O3. The molecule has 0 fully saturated rings. The lowest BCUT2D eigenvalue weighted by atomic mass is 9.80. The van der Waals surface area contributed by atoms with Gasteiger partial charge in [-0.2, -0.15) is 0 Å². The molecular weight excluding hydrogens is 204 g/mol. The quantitative estimate of drug-likeness (QED) is 0.854. The molecule has 0 saturated carbocycles. The first-order valence-corrected chi connectivity index (χ1v) is 5.62. The van der Waals surface area contributed by atoms with Crippen LogP contribution in [0.5, 0.6) is 11.5 Å². The number of aliphatic hydroxyl groups is 1. The SMILES string of the molecule is CCC(C)(C)[C@H](O)c1ccc2c(c1)OCO2. The van der Waals surface area contributed by atoms with Crippen molar-refractivity contribution >= 4 is 0 Å². The zero-order valence-corrected chi connectivity index (χ0v) is 9.99. The highest BCUT2D eigenvalue weighted by molar-refractivity contribution is 5.45. The number of fused-ring (bicyclic) bond motifs is 1. The second kappa shape index (κ2) is 3.98. The molecule has 0 spiro atoms. The van der Waals surface area contributed by atoms with Crippen LogP contribution in [0.3, 0.4) is 0 Å². The van der Waals surface area contributed by atoms with Gasteiger partial charge in [-0.25, -0.2) is 0 Å². The van der Waals surface area contributed by atoms with Crippen molar-refractivity contribution in [2.45, 2.75) is 33.3 Å². The molecule has 16 heavy (non-hydrogen) atoms. The average molecular weight is 222 g/mol. The molecule has 1 aliphatic heterocycles. The summed E-state index contributed by atoms with van der Waals surface area (Å²) in [7, 11) is 0. The summed E-state index contributed by atoms with van der Waals surface area (Å²) in [5.41, 5.74) is 0.754. The smallest absolute Gasteiger partial charge is 0.231 e. The van der Waals surface area contributed by atoms with Crippen molar-refractivity contribution in [3.05, 3.63) is 23.8 Å². The van der Waals surface area contributed by atoms with Crippen LogP contribution in [0.15, 0.2) is 18.2 Å². The van der Waals surface area contributed by atoms with Crippen molar-refractivity contribution in [1.29, 1.82) is 0 Å². The second-order valence-corrected chi connectivity index (χ2v) is 4.86. The topological polar surface area (TPSA) is 38.7 Å². The Morgan fingerprint density at radius 1 is 1.31 bits per heavy atom. The Hall–Kier alpha value is -1.22. The third kappa shape index (κ3) is 1.87. The molecule has 88 valence electrons. The molecule has 0 unspecified atom stereocenters. The van der Waals surface area contributed by atoms with Crippen molar-refractivity contribution < 1.29 is 14.6 Å². The van der Waals surface area contributed by atoms with Crippen LogP contribution in [0.1, 0.15) is 38.9 Å². The normalized spacial score (nSPS) is 16.2. The summed E-state index contributed by atoms with van der Waals surface area (Å²) < 4.78 is 10.5. The largest absolute Gasteiger partial charge is 0.454 e. The summed E-state index contributed by atoms with van der Waals surface area (Å²) in [4.78, 5) is 0. The van der Waals surface area contributed by atoms with Crippen molar-refractivity contribution in [2.75, 3.05) is 6.79 Å². The molecule has 1 heterocycles. The van der Waals surface area contributed by atoms with Gasteiger partial charge in [0.1, 0.15) is 0 Å². The van der Waals surface area contributed by atoms with Gasteiger partial charge in [0, 0.05) is 0 Å². The third-order valence-electron chi connectivity index (χ3n) is 3.36. The van der Waals surface area contributed by atoms with Crippen LogP contribution in [0.25, 0.3) is 0 Å². The van der Waals surface area contributed by atoms with Crippen molar-refractivity contribution in [2.24, 2.45) is 5.41 Å². The van der Waals surface area contributed by atoms with E-state index in [9.17, 15) is 5.11 Å². The number of benzene rings is 1. The van der Waals surface area contributed by atoms with Gasteiger partial charge in [-0.3, -0.25) is 0 Å². The van der Waals surface area contributed by atoms with Crippen molar-refractivity contribution in [1.82, 2.24) is 0 Å². The zero-order valence-electron chi connectivity index (χ0n) is 9.99. The highest BCUT2D eigenvalue weighted by atomic mass is 16.7. The molecule has 0 saturated heterocycles. The number of hydrogen-bond acceptors (Lipinski definition) is 3. The Morgan fingerprint density at radius 3 is 2.69 bits per heavy atom. The molecule has 0 aromatic heterocycles. The average Bonchev–Trinajstić information content (AvgIpc) is 2.74. The highest BCUT2D eigenvalue weighted by Gasteiger charge is 2.28. The van der Waals surface area contributed by atoms with Crippen LogP contribution >= 0.6 is 0 Å². The molecule has 2 rings (SSSR count). The molecule has 3 heteroatoms. The summed E-state index contributed by atoms with van der Waals surface area (Å²) in [6.07, 6.45) is 0.440. The van der Waals surface area contributed by atoms with Gasteiger partial charge >= 0.3 is 0 Å². The Labute approximate surface area is 96.0 Å². The van der Waals surface area contributed by atoms with E-state index in [0.717, 1.165) is 23.5 Å². The fourth-order valence-corrected chi connectivity index (χ4v) is 1.73. The number of ether oxygens (including phenoxy) is 2. The van der Waals surface area contributed by atoms with Crippen LogP contribution in [0.2, 0.25) is 0 Å². The Balaban J connectivity index is 2.28. The highest BCUT2D eigenvalue weighted by Crippen LogP contribution is 2.40. The maximum atomic E-state index is 10.3. The van der Waals surface area contributed by atoms with Crippen molar-refractivity contribution in [3.63, 3.8) is 0 Å². The first-order chi connectivity index (χ1) is 7.54. The molecule has 1 aromatic rings. The van der Waals surface area contributed by atoms with E-state index < -0.39 is 6.10 Å². The zero-order chi connectivity index (χ0) is 11.8. The van der Waals surface area contributed by atoms with E-state index in [0.29, 0.717) is 0 Å². The summed E-state index contributed by atoms with van der Waals surface area (Å²) in [6.45, 7) is 6.47.